The van der Waals surface area contributed by atoms with Crippen LogP contribution in [0.2, 0.25) is 10.0 Å². The van der Waals surface area contributed by atoms with Gasteiger partial charge >= 0.3 is 0 Å². The molecule has 0 saturated carbocycles. The van der Waals surface area contributed by atoms with Crippen LogP contribution in [0.25, 0.3) is 0 Å². The fourth-order valence-corrected chi connectivity index (χ4v) is 3.35. The zero-order valence-electron chi connectivity index (χ0n) is 15.5. The summed E-state index contributed by atoms with van der Waals surface area (Å²) in [4.78, 5) is 0. The third kappa shape index (κ3) is 6.34. The van der Waals surface area contributed by atoms with Crippen LogP contribution >= 0.6 is 39.1 Å². The van der Waals surface area contributed by atoms with E-state index >= 15 is 0 Å². The van der Waals surface area contributed by atoms with Crippen molar-refractivity contribution in [2.75, 3.05) is 6.61 Å². The van der Waals surface area contributed by atoms with Crippen molar-refractivity contribution >= 4 is 39.1 Å². The van der Waals surface area contributed by atoms with E-state index in [1.807, 2.05) is 25.1 Å². The maximum absolute atomic E-state index is 6.23. The lowest BCUT2D eigenvalue weighted by atomic mass is 10.1. The molecule has 0 aliphatic rings. The fourth-order valence-electron chi connectivity index (χ4n) is 2.28. The second-order valence-corrected chi connectivity index (χ2v) is 8.66. The molecule has 0 aliphatic heterocycles. The Kier molecular flexibility index (Phi) is 7.65. The highest BCUT2D eigenvalue weighted by Gasteiger charge is 2.15. The van der Waals surface area contributed by atoms with E-state index < -0.39 is 0 Å². The Labute approximate surface area is 174 Å². The summed E-state index contributed by atoms with van der Waals surface area (Å²) in [6.45, 7) is 9.99. The number of nitrogens with one attached hydrogen (secondary N) is 1. The normalized spacial score (nSPS) is 11.5. The predicted molar refractivity (Wildman–Crippen MR) is 113 cm³/mol. The van der Waals surface area contributed by atoms with Crippen LogP contribution in [0.4, 0.5) is 0 Å². The molecule has 26 heavy (non-hydrogen) atoms. The third-order valence-corrected chi connectivity index (χ3v) is 4.76. The van der Waals surface area contributed by atoms with Crippen molar-refractivity contribution in [1.82, 2.24) is 5.32 Å². The van der Waals surface area contributed by atoms with Gasteiger partial charge in [0.05, 0.1) is 11.1 Å². The summed E-state index contributed by atoms with van der Waals surface area (Å²) in [5, 5.41) is 4.66. The Morgan fingerprint density at radius 3 is 2.42 bits per heavy atom. The van der Waals surface area contributed by atoms with Gasteiger partial charge < -0.3 is 14.8 Å². The maximum Gasteiger partial charge on any atom is 0.175 e. The van der Waals surface area contributed by atoms with Crippen molar-refractivity contribution < 1.29 is 9.47 Å². The summed E-state index contributed by atoms with van der Waals surface area (Å²) >= 11 is 15.8. The molecule has 1 N–H and O–H groups in total. The summed E-state index contributed by atoms with van der Waals surface area (Å²) in [6.07, 6.45) is 0. The molecule has 0 unspecified atom stereocenters. The van der Waals surface area contributed by atoms with Crippen LogP contribution < -0.4 is 14.8 Å². The van der Waals surface area contributed by atoms with Crippen LogP contribution in [0.5, 0.6) is 11.5 Å². The van der Waals surface area contributed by atoms with E-state index in [-0.39, 0.29) is 5.54 Å². The molecule has 0 fully saturated rings. The Balaban J connectivity index is 2.20. The van der Waals surface area contributed by atoms with Crippen molar-refractivity contribution in [3.05, 3.63) is 56.0 Å². The van der Waals surface area contributed by atoms with Crippen LogP contribution in [-0.2, 0) is 13.2 Å². The van der Waals surface area contributed by atoms with E-state index in [0.29, 0.717) is 34.8 Å². The average molecular weight is 461 g/mol. The Morgan fingerprint density at radius 2 is 1.81 bits per heavy atom. The van der Waals surface area contributed by atoms with Crippen LogP contribution in [0.3, 0.4) is 0 Å². The molecule has 0 bridgehead atoms. The van der Waals surface area contributed by atoms with Crippen molar-refractivity contribution in [1.29, 1.82) is 0 Å². The highest BCUT2D eigenvalue weighted by Crippen LogP contribution is 2.38. The minimum absolute atomic E-state index is 0.0404. The van der Waals surface area contributed by atoms with Gasteiger partial charge in [-0.25, -0.2) is 0 Å². The minimum atomic E-state index is 0.0404. The van der Waals surface area contributed by atoms with E-state index in [1.165, 1.54) is 0 Å². The first-order valence-corrected chi connectivity index (χ1v) is 10.0. The van der Waals surface area contributed by atoms with Gasteiger partial charge in [-0.15, -0.1) is 0 Å². The first-order chi connectivity index (χ1) is 12.2. The molecule has 0 amide bonds. The van der Waals surface area contributed by atoms with Crippen molar-refractivity contribution in [3.8, 4) is 11.5 Å². The molecule has 0 aromatic heterocycles. The highest BCUT2D eigenvalue weighted by atomic mass is 79.9. The molecule has 6 heteroatoms. The summed E-state index contributed by atoms with van der Waals surface area (Å²) in [5.74, 6) is 1.37. The zero-order chi connectivity index (χ0) is 19.3. The van der Waals surface area contributed by atoms with Gasteiger partial charge in [-0.2, -0.15) is 0 Å². The lowest BCUT2D eigenvalue weighted by Gasteiger charge is -2.21. The second-order valence-electron chi connectivity index (χ2n) is 6.97. The van der Waals surface area contributed by atoms with Crippen molar-refractivity contribution in [3.63, 3.8) is 0 Å². The van der Waals surface area contributed by atoms with Crippen LogP contribution in [0.15, 0.2) is 34.8 Å². The smallest absolute Gasteiger partial charge is 0.175 e. The standard InChI is InChI=1S/C20H24BrCl2NO2/c1-5-25-18-9-13(11-24-20(2,3)4)8-16(21)19(18)26-12-14-6-7-15(22)10-17(14)23/h6-10,24H,5,11-12H2,1-4H3. The molecule has 0 saturated heterocycles. The van der Waals surface area contributed by atoms with Gasteiger partial charge in [-0.3, -0.25) is 0 Å². The molecule has 0 radical (unpaired) electrons. The largest absolute Gasteiger partial charge is 0.490 e. The summed E-state index contributed by atoms with van der Waals surface area (Å²) < 4.78 is 12.6. The first-order valence-electron chi connectivity index (χ1n) is 8.46. The third-order valence-electron chi connectivity index (χ3n) is 3.58. The molecular weight excluding hydrogens is 437 g/mol. The fraction of sp³-hybridized carbons (Fsp3) is 0.400. The lowest BCUT2D eigenvalue weighted by molar-refractivity contribution is 0.267. The minimum Gasteiger partial charge on any atom is -0.490 e. The average Bonchev–Trinajstić information content (AvgIpc) is 2.53. The molecule has 142 valence electrons. The molecule has 0 aliphatic carbocycles. The molecule has 3 nitrogen and oxygen atoms in total. The van der Waals surface area contributed by atoms with E-state index in [4.69, 9.17) is 32.7 Å². The van der Waals surface area contributed by atoms with Gasteiger partial charge in [0.1, 0.15) is 6.61 Å². The molecule has 2 aromatic rings. The van der Waals surface area contributed by atoms with E-state index in [9.17, 15) is 0 Å². The van der Waals surface area contributed by atoms with E-state index in [1.54, 1.807) is 12.1 Å². The number of benzene rings is 2. The highest BCUT2D eigenvalue weighted by molar-refractivity contribution is 9.10. The Morgan fingerprint density at radius 1 is 1.08 bits per heavy atom. The van der Waals surface area contributed by atoms with Crippen molar-refractivity contribution in [2.24, 2.45) is 0 Å². The van der Waals surface area contributed by atoms with Gasteiger partial charge in [0.25, 0.3) is 0 Å². The summed E-state index contributed by atoms with van der Waals surface area (Å²) in [6, 6.07) is 9.42. The quantitative estimate of drug-likeness (QED) is 0.503. The Bertz CT molecular complexity index is 760. The zero-order valence-corrected chi connectivity index (χ0v) is 18.6. The molecule has 2 aromatic carbocycles. The number of rotatable bonds is 7. The number of halogens is 3. The van der Waals surface area contributed by atoms with Crippen LogP contribution in [0, 0.1) is 0 Å². The number of hydrogen-bond donors (Lipinski definition) is 1. The number of ether oxygens (including phenoxy) is 2. The number of hydrogen-bond acceptors (Lipinski definition) is 3. The van der Waals surface area contributed by atoms with E-state index in [0.717, 1.165) is 22.1 Å². The van der Waals surface area contributed by atoms with Gasteiger partial charge in [0, 0.05) is 27.7 Å². The maximum atomic E-state index is 6.23. The van der Waals surface area contributed by atoms with E-state index in [2.05, 4.69) is 42.0 Å². The molecule has 2 rings (SSSR count). The van der Waals surface area contributed by atoms with Gasteiger partial charge in [0.2, 0.25) is 0 Å². The second kappa shape index (κ2) is 9.32. The van der Waals surface area contributed by atoms with Crippen molar-refractivity contribution in [2.45, 2.75) is 46.4 Å². The summed E-state index contributed by atoms with van der Waals surface area (Å²) in [7, 11) is 0. The van der Waals surface area contributed by atoms with Gasteiger partial charge in [0.15, 0.2) is 11.5 Å². The van der Waals surface area contributed by atoms with Gasteiger partial charge in [-0.1, -0.05) is 29.3 Å². The predicted octanol–water partition coefficient (Wildman–Crippen LogP) is 6.62. The Hall–Kier alpha value is -0.940. The van der Waals surface area contributed by atoms with Crippen LogP contribution in [-0.4, -0.2) is 12.1 Å². The lowest BCUT2D eigenvalue weighted by Crippen LogP contribution is -2.35. The molecule has 0 heterocycles. The SMILES string of the molecule is CCOc1cc(CNC(C)(C)C)cc(Br)c1OCc1ccc(Cl)cc1Cl. The van der Waals surface area contributed by atoms with Gasteiger partial charge in [-0.05, 0) is 73.5 Å². The van der Waals surface area contributed by atoms with Crippen LogP contribution in [0.1, 0.15) is 38.8 Å². The first kappa shape index (κ1) is 21.4. The summed E-state index contributed by atoms with van der Waals surface area (Å²) in [5.41, 5.74) is 2.02. The molecule has 0 atom stereocenters. The molecular formula is C20H24BrCl2NO2. The monoisotopic (exact) mass is 459 g/mol. The molecule has 0 spiro atoms. The topological polar surface area (TPSA) is 30.5 Å².